The molecule has 0 heterocycles. The summed E-state index contributed by atoms with van der Waals surface area (Å²) in [4.78, 5) is 0. The summed E-state index contributed by atoms with van der Waals surface area (Å²) in [5.41, 5.74) is 2.81. The van der Waals surface area contributed by atoms with Gasteiger partial charge in [0, 0.05) is 12.6 Å². The molecule has 0 aliphatic carbocycles. The van der Waals surface area contributed by atoms with Gasteiger partial charge in [0.2, 0.25) is 0 Å². The van der Waals surface area contributed by atoms with Crippen LogP contribution in [0.15, 0.2) is 24.3 Å². The molecule has 0 saturated heterocycles. The molecule has 0 aliphatic rings. The quantitative estimate of drug-likeness (QED) is 0.779. The number of hydrogen-bond acceptors (Lipinski definition) is 1. The van der Waals surface area contributed by atoms with Crippen molar-refractivity contribution in [3.05, 3.63) is 35.4 Å². The van der Waals surface area contributed by atoms with Gasteiger partial charge in [0.05, 0.1) is 0 Å². The van der Waals surface area contributed by atoms with Crippen molar-refractivity contribution in [1.82, 2.24) is 5.32 Å². The molecule has 1 aromatic carbocycles. The fourth-order valence-electron chi connectivity index (χ4n) is 2.12. The van der Waals surface area contributed by atoms with Crippen molar-refractivity contribution in [3.63, 3.8) is 0 Å². The van der Waals surface area contributed by atoms with Crippen LogP contribution < -0.4 is 5.32 Å². The topological polar surface area (TPSA) is 12.0 Å². The lowest BCUT2D eigenvalue weighted by molar-refractivity contribution is 0.452. The van der Waals surface area contributed by atoms with Crippen LogP contribution in [0.25, 0.3) is 0 Å². The minimum absolute atomic E-state index is 0.565. The van der Waals surface area contributed by atoms with E-state index >= 15 is 0 Å². The SMILES string of the molecule is Cc1ccc(C(CNC(C)C)CC(C)C)cc1. The van der Waals surface area contributed by atoms with E-state index in [1.165, 1.54) is 17.5 Å². The van der Waals surface area contributed by atoms with Crippen LogP contribution in [0.5, 0.6) is 0 Å². The van der Waals surface area contributed by atoms with Crippen molar-refractivity contribution in [3.8, 4) is 0 Å². The third kappa shape index (κ3) is 5.36. The van der Waals surface area contributed by atoms with Crippen molar-refractivity contribution in [2.75, 3.05) is 6.54 Å². The van der Waals surface area contributed by atoms with Gasteiger partial charge >= 0.3 is 0 Å². The minimum atomic E-state index is 0.565. The summed E-state index contributed by atoms with van der Waals surface area (Å²) in [6.07, 6.45) is 1.25. The molecular formula is C16H27N. The molecule has 1 nitrogen and oxygen atoms in total. The van der Waals surface area contributed by atoms with E-state index in [1.54, 1.807) is 0 Å². The molecule has 0 aromatic heterocycles. The first-order valence-electron chi connectivity index (χ1n) is 6.79. The van der Waals surface area contributed by atoms with E-state index in [2.05, 4.69) is 64.2 Å². The van der Waals surface area contributed by atoms with Crippen LogP contribution >= 0.6 is 0 Å². The zero-order valence-electron chi connectivity index (χ0n) is 12.0. The molecule has 1 N–H and O–H groups in total. The highest BCUT2D eigenvalue weighted by molar-refractivity contribution is 5.24. The molecule has 1 aromatic rings. The van der Waals surface area contributed by atoms with Crippen molar-refractivity contribution >= 4 is 0 Å². The van der Waals surface area contributed by atoms with Crippen molar-refractivity contribution in [2.24, 2.45) is 5.92 Å². The highest BCUT2D eigenvalue weighted by Crippen LogP contribution is 2.23. The van der Waals surface area contributed by atoms with Crippen LogP contribution in [0.4, 0.5) is 0 Å². The minimum Gasteiger partial charge on any atom is -0.314 e. The van der Waals surface area contributed by atoms with Gasteiger partial charge in [-0.1, -0.05) is 57.5 Å². The molecule has 1 unspecified atom stereocenters. The van der Waals surface area contributed by atoms with Gasteiger partial charge in [0.25, 0.3) is 0 Å². The highest BCUT2D eigenvalue weighted by atomic mass is 14.9. The van der Waals surface area contributed by atoms with E-state index < -0.39 is 0 Å². The molecule has 0 aliphatic heterocycles. The monoisotopic (exact) mass is 233 g/mol. The summed E-state index contributed by atoms with van der Waals surface area (Å²) in [7, 11) is 0. The van der Waals surface area contributed by atoms with Crippen LogP contribution in [-0.4, -0.2) is 12.6 Å². The number of rotatable bonds is 6. The average molecular weight is 233 g/mol. The number of benzene rings is 1. The van der Waals surface area contributed by atoms with Crippen LogP contribution in [0, 0.1) is 12.8 Å². The van der Waals surface area contributed by atoms with Gasteiger partial charge < -0.3 is 5.32 Å². The van der Waals surface area contributed by atoms with Gasteiger partial charge in [-0.2, -0.15) is 0 Å². The van der Waals surface area contributed by atoms with Crippen LogP contribution in [-0.2, 0) is 0 Å². The fraction of sp³-hybridized carbons (Fsp3) is 0.625. The van der Waals surface area contributed by atoms with Crippen molar-refractivity contribution in [1.29, 1.82) is 0 Å². The van der Waals surface area contributed by atoms with Crippen LogP contribution in [0.1, 0.15) is 51.2 Å². The summed E-state index contributed by atoms with van der Waals surface area (Å²) in [6, 6.07) is 9.57. The van der Waals surface area contributed by atoms with Gasteiger partial charge in [-0.15, -0.1) is 0 Å². The number of hydrogen-bond donors (Lipinski definition) is 1. The van der Waals surface area contributed by atoms with Gasteiger partial charge in [-0.25, -0.2) is 0 Å². The Morgan fingerprint density at radius 2 is 1.59 bits per heavy atom. The van der Waals surface area contributed by atoms with Crippen molar-refractivity contribution in [2.45, 2.75) is 53.0 Å². The molecule has 1 rings (SSSR count). The molecule has 0 bridgehead atoms. The maximum Gasteiger partial charge on any atom is 0.00226 e. The van der Waals surface area contributed by atoms with Crippen LogP contribution in [0.3, 0.4) is 0 Å². The maximum absolute atomic E-state index is 3.56. The van der Waals surface area contributed by atoms with Crippen molar-refractivity contribution < 1.29 is 0 Å². The Morgan fingerprint density at radius 1 is 1.00 bits per heavy atom. The first-order chi connectivity index (χ1) is 7.99. The Balaban J connectivity index is 2.70. The molecule has 0 fully saturated rings. The van der Waals surface area contributed by atoms with E-state index in [4.69, 9.17) is 0 Å². The van der Waals surface area contributed by atoms with Gasteiger partial charge in [0.1, 0.15) is 0 Å². The Bertz CT molecular complexity index is 311. The second-order valence-corrected chi connectivity index (χ2v) is 5.80. The van der Waals surface area contributed by atoms with Gasteiger partial charge in [-0.3, -0.25) is 0 Å². The second-order valence-electron chi connectivity index (χ2n) is 5.80. The lowest BCUT2D eigenvalue weighted by Crippen LogP contribution is -2.28. The Kier molecular flexibility index (Phi) is 5.70. The van der Waals surface area contributed by atoms with Gasteiger partial charge in [-0.05, 0) is 30.7 Å². The average Bonchev–Trinajstić information content (AvgIpc) is 2.25. The van der Waals surface area contributed by atoms with Gasteiger partial charge in [0.15, 0.2) is 0 Å². The predicted molar refractivity (Wildman–Crippen MR) is 76.5 cm³/mol. The Labute approximate surface area is 107 Å². The Morgan fingerprint density at radius 3 is 2.06 bits per heavy atom. The van der Waals surface area contributed by atoms with E-state index in [-0.39, 0.29) is 0 Å². The molecule has 0 spiro atoms. The van der Waals surface area contributed by atoms with E-state index in [0.717, 1.165) is 12.5 Å². The largest absolute Gasteiger partial charge is 0.314 e. The predicted octanol–water partition coefficient (Wildman–Crippen LogP) is 4.12. The molecule has 17 heavy (non-hydrogen) atoms. The lowest BCUT2D eigenvalue weighted by atomic mass is 9.89. The van der Waals surface area contributed by atoms with E-state index in [1.807, 2.05) is 0 Å². The molecule has 1 atom stereocenters. The van der Waals surface area contributed by atoms with Crippen LogP contribution in [0.2, 0.25) is 0 Å². The second kappa shape index (κ2) is 6.80. The molecule has 0 saturated carbocycles. The zero-order valence-corrected chi connectivity index (χ0v) is 12.0. The fourth-order valence-corrected chi connectivity index (χ4v) is 2.12. The summed E-state index contributed by atoms with van der Waals surface area (Å²) in [5, 5.41) is 3.56. The summed E-state index contributed by atoms with van der Waals surface area (Å²) < 4.78 is 0. The third-order valence-corrected chi connectivity index (χ3v) is 3.08. The molecule has 0 amide bonds. The molecule has 96 valence electrons. The normalized spacial score (nSPS) is 13.4. The summed E-state index contributed by atoms with van der Waals surface area (Å²) >= 11 is 0. The molecular weight excluding hydrogens is 206 g/mol. The zero-order chi connectivity index (χ0) is 12.8. The molecule has 0 radical (unpaired) electrons. The number of aryl methyl sites for hydroxylation is 1. The lowest BCUT2D eigenvalue weighted by Gasteiger charge is -2.21. The standard InChI is InChI=1S/C16H27N/c1-12(2)10-16(11-17-13(3)4)15-8-6-14(5)7-9-15/h6-9,12-13,16-17H,10-11H2,1-5H3. The third-order valence-electron chi connectivity index (χ3n) is 3.08. The smallest absolute Gasteiger partial charge is 0.00226 e. The summed E-state index contributed by atoms with van der Waals surface area (Å²) in [6.45, 7) is 12.3. The summed E-state index contributed by atoms with van der Waals surface area (Å²) in [5.74, 6) is 1.38. The first-order valence-corrected chi connectivity index (χ1v) is 6.79. The van der Waals surface area contributed by atoms with E-state index in [9.17, 15) is 0 Å². The Hall–Kier alpha value is -0.820. The maximum atomic E-state index is 3.56. The molecule has 1 heteroatoms. The van der Waals surface area contributed by atoms with E-state index in [0.29, 0.717) is 12.0 Å². The first kappa shape index (κ1) is 14.2. The highest BCUT2D eigenvalue weighted by Gasteiger charge is 2.13. The number of nitrogens with one attached hydrogen (secondary N) is 1.